The maximum absolute atomic E-state index is 11.6. The van der Waals surface area contributed by atoms with E-state index in [1.165, 1.54) is 6.08 Å². The molecule has 0 fully saturated rings. The van der Waals surface area contributed by atoms with Crippen molar-refractivity contribution in [2.75, 3.05) is 11.9 Å². The van der Waals surface area contributed by atoms with E-state index in [4.69, 9.17) is 4.74 Å². The molecule has 1 aliphatic rings. The van der Waals surface area contributed by atoms with Crippen molar-refractivity contribution in [1.82, 2.24) is 0 Å². The minimum absolute atomic E-state index is 0.416. The number of ether oxygens (including phenoxy) is 1. The van der Waals surface area contributed by atoms with E-state index in [0.29, 0.717) is 17.9 Å². The van der Waals surface area contributed by atoms with Crippen LogP contribution in [-0.2, 0) is 4.79 Å². The summed E-state index contributed by atoms with van der Waals surface area (Å²) >= 11 is 3.25. The molecule has 0 spiro atoms. The third-order valence-electron chi connectivity index (χ3n) is 2.25. The summed E-state index contributed by atoms with van der Waals surface area (Å²) in [5.41, 5.74) is 1.18. The first-order valence-corrected chi connectivity index (χ1v) is 5.94. The highest BCUT2D eigenvalue weighted by Crippen LogP contribution is 2.23. The second-order valence-electron chi connectivity index (χ2n) is 3.31. The monoisotopic (exact) mass is 280 g/mol. The maximum Gasteiger partial charge on any atom is 0.233 e. The van der Waals surface area contributed by atoms with Crippen LogP contribution in [0.4, 0.5) is 0 Å². The predicted molar refractivity (Wildman–Crippen MR) is 64.1 cm³/mol. The number of allylic oxidation sites excluding steroid dienone is 1. The molecule has 0 bridgehead atoms. The number of rotatable bonds is 3. The van der Waals surface area contributed by atoms with Crippen LogP contribution in [0.3, 0.4) is 0 Å². The van der Waals surface area contributed by atoms with Gasteiger partial charge < -0.3 is 4.74 Å². The summed E-state index contributed by atoms with van der Waals surface area (Å²) in [5.74, 6) is -0.346. The molecule has 0 unspecified atom stereocenters. The van der Waals surface area contributed by atoms with Crippen LogP contribution in [0, 0.1) is 0 Å². The third kappa shape index (κ3) is 2.07. The van der Waals surface area contributed by atoms with Gasteiger partial charge in [0, 0.05) is 10.9 Å². The number of fused-ring (bicyclic) bond motifs is 1. The number of benzene rings is 1. The first kappa shape index (κ1) is 11.1. The van der Waals surface area contributed by atoms with E-state index < -0.39 is 11.6 Å². The van der Waals surface area contributed by atoms with E-state index in [-0.39, 0.29) is 0 Å². The Hall–Kier alpha value is -1.42. The van der Waals surface area contributed by atoms with Crippen molar-refractivity contribution in [1.29, 1.82) is 0 Å². The van der Waals surface area contributed by atoms with Gasteiger partial charge in [-0.3, -0.25) is 9.59 Å². The summed E-state index contributed by atoms with van der Waals surface area (Å²) in [6.45, 7) is 0.525. The summed E-state index contributed by atoms with van der Waals surface area (Å²) in [5, 5.41) is 0.719. The molecule has 0 saturated carbocycles. The zero-order chi connectivity index (χ0) is 11.5. The highest BCUT2D eigenvalue weighted by Gasteiger charge is 2.21. The van der Waals surface area contributed by atoms with Crippen LogP contribution in [0.15, 0.2) is 24.3 Å². The fourth-order valence-corrected chi connectivity index (χ4v) is 1.66. The summed E-state index contributed by atoms with van der Waals surface area (Å²) in [6.07, 6.45) is 2.94. The fraction of sp³-hybridized carbons (Fsp3) is 0.167. The maximum atomic E-state index is 11.6. The van der Waals surface area contributed by atoms with Gasteiger partial charge in [0.1, 0.15) is 5.75 Å². The number of carbonyl (C=O) groups excluding carboxylic acids is 2. The van der Waals surface area contributed by atoms with Gasteiger partial charge in [0.25, 0.3) is 0 Å². The highest BCUT2D eigenvalue weighted by atomic mass is 79.9. The number of ketones is 2. The van der Waals surface area contributed by atoms with Gasteiger partial charge in [0.15, 0.2) is 0 Å². The standard InChI is InChI=1S/C12H9BrO3/c13-5-6-16-9-3-1-8-2-4-11(14)12(15)10(8)7-9/h1-4,7H,5-6H2. The van der Waals surface area contributed by atoms with E-state index in [2.05, 4.69) is 15.9 Å². The van der Waals surface area contributed by atoms with Crippen molar-refractivity contribution in [3.63, 3.8) is 0 Å². The lowest BCUT2D eigenvalue weighted by atomic mass is 9.95. The number of Topliss-reactive ketones (excluding diaryl/α,β-unsaturated/α-hetero) is 1. The molecule has 82 valence electrons. The minimum Gasteiger partial charge on any atom is -0.493 e. The molecule has 2 rings (SSSR count). The molecule has 1 aliphatic carbocycles. The summed E-state index contributed by atoms with van der Waals surface area (Å²) in [4.78, 5) is 22.8. The van der Waals surface area contributed by atoms with Crippen LogP contribution in [0.5, 0.6) is 5.75 Å². The zero-order valence-corrected chi connectivity index (χ0v) is 9.99. The zero-order valence-electron chi connectivity index (χ0n) is 8.40. The van der Waals surface area contributed by atoms with Gasteiger partial charge in [-0.2, -0.15) is 0 Å². The molecule has 1 aromatic rings. The van der Waals surface area contributed by atoms with Crippen LogP contribution < -0.4 is 4.74 Å². The molecule has 0 atom stereocenters. The normalized spacial score (nSPS) is 13.8. The van der Waals surface area contributed by atoms with Gasteiger partial charge >= 0.3 is 0 Å². The SMILES string of the molecule is O=C1C=Cc2ccc(OCCBr)cc2C1=O. The molecule has 0 radical (unpaired) electrons. The topological polar surface area (TPSA) is 43.4 Å². The number of hydrogen-bond donors (Lipinski definition) is 0. The van der Waals surface area contributed by atoms with Crippen molar-refractivity contribution in [3.05, 3.63) is 35.4 Å². The van der Waals surface area contributed by atoms with Crippen LogP contribution in [0.1, 0.15) is 15.9 Å². The van der Waals surface area contributed by atoms with Crippen LogP contribution >= 0.6 is 15.9 Å². The average molecular weight is 281 g/mol. The summed E-state index contributed by atoms with van der Waals surface area (Å²) in [6, 6.07) is 5.18. The molecule has 0 aromatic heterocycles. The largest absolute Gasteiger partial charge is 0.493 e. The van der Waals surface area contributed by atoms with Gasteiger partial charge in [0.05, 0.1) is 6.61 Å². The smallest absolute Gasteiger partial charge is 0.233 e. The van der Waals surface area contributed by atoms with Crippen molar-refractivity contribution in [2.45, 2.75) is 0 Å². The van der Waals surface area contributed by atoms with Crippen molar-refractivity contribution >= 4 is 33.6 Å². The molecule has 0 heterocycles. The third-order valence-corrected chi connectivity index (χ3v) is 2.58. The summed E-state index contributed by atoms with van der Waals surface area (Å²) < 4.78 is 5.37. The fourth-order valence-electron chi connectivity index (χ4n) is 1.50. The number of hydrogen-bond acceptors (Lipinski definition) is 3. The summed E-state index contributed by atoms with van der Waals surface area (Å²) in [7, 11) is 0. The molecular weight excluding hydrogens is 272 g/mol. The Labute approximate surface area is 101 Å². The quantitative estimate of drug-likeness (QED) is 0.630. The average Bonchev–Trinajstić information content (AvgIpc) is 2.31. The van der Waals surface area contributed by atoms with Crippen molar-refractivity contribution in [3.8, 4) is 5.75 Å². The molecule has 3 nitrogen and oxygen atoms in total. The van der Waals surface area contributed by atoms with E-state index in [1.807, 2.05) is 0 Å². The minimum atomic E-state index is -0.481. The Morgan fingerprint density at radius 3 is 2.75 bits per heavy atom. The first-order chi connectivity index (χ1) is 7.72. The van der Waals surface area contributed by atoms with Gasteiger partial charge in [0.2, 0.25) is 11.6 Å². The molecular formula is C12H9BrO3. The molecule has 1 aromatic carbocycles. The first-order valence-electron chi connectivity index (χ1n) is 4.82. The van der Waals surface area contributed by atoms with Crippen molar-refractivity contribution in [2.24, 2.45) is 0 Å². The predicted octanol–water partition coefficient (Wildman–Crippen LogP) is 2.24. The lowest BCUT2D eigenvalue weighted by molar-refractivity contribution is -0.110. The van der Waals surface area contributed by atoms with Gasteiger partial charge in [-0.15, -0.1) is 0 Å². The Bertz CT molecular complexity index is 477. The van der Waals surface area contributed by atoms with Crippen LogP contribution in [-0.4, -0.2) is 23.5 Å². The van der Waals surface area contributed by atoms with Crippen LogP contribution in [0.25, 0.3) is 6.08 Å². The molecule has 0 saturated heterocycles. The van der Waals surface area contributed by atoms with E-state index >= 15 is 0 Å². The second-order valence-corrected chi connectivity index (χ2v) is 4.11. The van der Waals surface area contributed by atoms with Crippen molar-refractivity contribution < 1.29 is 14.3 Å². The second kappa shape index (κ2) is 4.61. The lowest BCUT2D eigenvalue weighted by Gasteiger charge is -2.10. The lowest BCUT2D eigenvalue weighted by Crippen LogP contribution is -2.16. The van der Waals surface area contributed by atoms with Gasteiger partial charge in [-0.1, -0.05) is 28.1 Å². The van der Waals surface area contributed by atoms with Gasteiger partial charge in [-0.25, -0.2) is 0 Å². The number of halogens is 1. The van der Waals surface area contributed by atoms with E-state index in [9.17, 15) is 9.59 Å². The highest BCUT2D eigenvalue weighted by molar-refractivity contribution is 9.09. The van der Waals surface area contributed by atoms with E-state index in [1.54, 1.807) is 24.3 Å². The van der Waals surface area contributed by atoms with E-state index in [0.717, 1.165) is 10.9 Å². The molecule has 16 heavy (non-hydrogen) atoms. The Morgan fingerprint density at radius 2 is 2.00 bits per heavy atom. The Morgan fingerprint density at radius 1 is 1.19 bits per heavy atom. The Kier molecular flexibility index (Phi) is 3.19. The Balaban J connectivity index is 2.34. The number of carbonyl (C=O) groups is 2. The van der Waals surface area contributed by atoms with Gasteiger partial charge in [-0.05, 0) is 23.8 Å². The number of alkyl halides is 1. The molecule has 0 aliphatic heterocycles. The molecule has 0 amide bonds. The molecule has 0 N–H and O–H groups in total. The molecule has 4 heteroatoms. The van der Waals surface area contributed by atoms with Crippen LogP contribution in [0.2, 0.25) is 0 Å².